The first-order valence-corrected chi connectivity index (χ1v) is 33.1. The number of unbranched alkanes of at least 4 members (excludes halogenated alkanes) is 35. The van der Waals surface area contributed by atoms with Gasteiger partial charge in [-0.25, -0.2) is 0 Å². The van der Waals surface area contributed by atoms with Crippen molar-refractivity contribution in [1.82, 2.24) is 5.32 Å². The second-order valence-corrected chi connectivity index (χ2v) is 24.2. The number of amides is 1. The van der Waals surface area contributed by atoms with Crippen molar-refractivity contribution in [3.05, 3.63) is 60.8 Å². The van der Waals surface area contributed by atoms with Crippen LogP contribution in [-0.2, 0) is 18.4 Å². The number of rotatable bonds is 58. The number of likely N-dealkylation sites (N-methyl/N-ethyl adjacent to an activating group) is 1. The summed E-state index contributed by atoms with van der Waals surface area (Å²) < 4.78 is 23.5. The summed E-state index contributed by atoms with van der Waals surface area (Å²) in [5, 5.41) is 14.1. The number of carbonyl (C=O) groups is 1. The zero-order valence-electron chi connectivity index (χ0n) is 49.5. The van der Waals surface area contributed by atoms with Crippen molar-refractivity contribution in [2.45, 2.75) is 309 Å². The summed E-state index contributed by atoms with van der Waals surface area (Å²) in [7, 11) is 1.30. The lowest BCUT2D eigenvalue weighted by Gasteiger charge is -2.30. The standard InChI is InChI=1S/C65H123N2O6P/c1-6-8-10-12-14-16-18-20-22-24-26-28-30-31-32-33-34-35-37-38-40-42-44-46-48-50-52-54-56-58-64(68)63(62-73-74(70,71)72-61-60-67(3,4)5)66-65(69)59-57-55-53-51-49-47-45-43-41-39-36-29-27-25-23-21-19-17-15-13-11-9-7-2/h9,11,15,17,21,23,27,29,39,41,63-64,68H,6-8,10,12-14,16,18-20,22,24-26,28,30-38,40,42-62H2,1-5H3,(H-,66,69,70,71)/b11-9-,17-15-,23-21-,29-27-,41-39-. The van der Waals surface area contributed by atoms with Gasteiger partial charge >= 0.3 is 0 Å². The van der Waals surface area contributed by atoms with Crippen molar-refractivity contribution in [2.24, 2.45) is 0 Å². The molecule has 1 amide bonds. The lowest BCUT2D eigenvalue weighted by Crippen LogP contribution is -2.46. The van der Waals surface area contributed by atoms with Gasteiger partial charge in [0.1, 0.15) is 13.2 Å². The highest BCUT2D eigenvalue weighted by Crippen LogP contribution is 2.38. The Hall–Kier alpha value is -1.80. The van der Waals surface area contributed by atoms with Crippen LogP contribution in [0.5, 0.6) is 0 Å². The van der Waals surface area contributed by atoms with Crippen molar-refractivity contribution in [3.63, 3.8) is 0 Å². The van der Waals surface area contributed by atoms with E-state index in [1.165, 1.54) is 186 Å². The molecule has 0 radical (unpaired) electrons. The van der Waals surface area contributed by atoms with Gasteiger partial charge in [-0.2, -0.15) is 0 Å². The summed E-state index contributed by atoms with van der Waals surface area (Å²) in [6.45, 7) is 4.63. The largest absolute Gasteiger partial charge is 0.756 e. The second kappa shape index (κ2) is 55.9. The first-order valence-electron chi connectivity index (χ1n) is 31.6. The van der Waals surface area contributed by atoms with E-state index >= 15 is 0 Å². The molecule has 8 nitrogen and oxygen atoms in total. The van der Waals surface area contributed by atoms with Gasteiger partial charge < -0.3 is 28.8 Å². The van der Waals surface area contributed by atoms with Crippen LogP contribution in [0.1, 0.15) is 296 Å². The first kappa shape index (κ1) is 72.2. The normalized spacial score (nSPS) is 14.2. The van der Waals surface area contributed by atoms with Gasteiger partial charge in [-0.15, -0.1) is 0 Å². The van der Waals surface area contributed by atoms with Gasteiger partial charge in [0.2, 0.25) is 5.91 Å². The molecule has 3 unspecified atom stereocenters. The summed E-state index contributed by atoms with van der Waals surface area (Å²) in [4.78, 5) is 25.6. The molecule has 0 saturated heterocycles. The van der Waals surface area contributed by atoms with E-state index in [1.54, 1.807) is 0 Å². The number of nitrogens with zero attached hydrogens (tertiary/aromatic N) is 1. The van der Waals surface area contributed by atoms with E-state index < -0.39 is 20.0 Å². The predicted octanol–water partition coefficient (Wildman–Crippen LogP) is 19.0. The first-order chi connectivity index (χ1) is 36.0. The number of allylic oxidation sites excluding steroid dienone is 10. The minimum absolute atomic E-state index is 0.00775. The van der Waals surface area contributed by atoms with Gasteiger partial charge in [-0.05, 0) is 57.8 Å². The highest BCUT2D eigenvalue weighted by molar-refractivity contribution is 7.45. The molecular formula is C65H123N2O6P. The predicted molar refractivity (Wildman–Crippen MR) is 321 cm³/mol. The maximum atomic E-state index is 13.0. The van der Waals surface area contributed by atoms with Crippen molar-refractivity contribution in [3.8, 4) is 0 Å². The van der Waals surface area contributed by atoms with Gasteiger partial charge in [0.25, 0.3) is 7.82 Å². The average Bonchev–Trinajstić information content (AvgIpc) is 3.36. The quantitative estimate of drug-likeness (QED) is 0.0272. The molecule has 2 N–H and O–H groups in total. The topological polar surface area (TPSA) is 108 Å². The van der Waals surface area contributed by atoms with E-state index in [2.05, 4.69) is 79.9 Å². The Kier molecular flexibility index (Phi) is 54.6. The molecule has 0 spiro atoms. The smallest absolute Gasteiger partial charge is 0.268 e. The summed E-state index contributed by atoms with van der Waals surface area (Å²) in [6, 6.07) is -0.812. The van der Waals surface area contributed by atoms with Gasteiger partial charge in [0.15, 0.2) is 0 Å². The summed E-state index contributed by atoms with van der Waals surface area (Å²) in [6.07, 6.45) is 75.6. The Balaban J connectivity index is 4.11. The fraction of sp³-hybridized carbons (Fsp3) is 0.831. The maximum absolute atomic E-state index is 13.0. The fourth-order valence-corrected chi connectivity index (χ4v) is 10.1. The zero-order chi connectivity index (χ0) is 54.2. The number of quaternary nitrogens is 1. The number of hydrogen-bond donors (Lipinski definition) is 2. The third-order valence-corrected chi connectivity index (χ3v) is 15.2. The molecule has 0 rings (SSSR count). The molecule has 0 saturated carbocycles. The Morgan fingerprint density at radius 2 is 0.824 bits per heavy atom. The van der Waals surface area contributed by atoms with Crippen LogP contribution in [-0.4, -0.2) is 68.5 Å². The van der Waals surface area contributed by atoms with Crippen molar-refractivity contribution < 1.29 is 32.9 Å². The number of phosphoric ester groups is 1. The van der Waals surface area contributed by atoms with Crippen LogP contribution in [0.25, 0.3) is 0 Å². The lowest BCUT2D eigenvalue weighted by molar-refractivity contribution is -0.870. The van der Waals surface area contributed by atoms with Crippen molar-refractivity contribution in [1.29, 1.82) is 0 Å². The number of phosphoric acid groups is 1. The highest BCUT2D eigenvalue weighted by atomic mass is 31.2. The van der Waals surface area contributed by atoms with E-state index in [4.69, 9.17) is 9.05 Å². The summed E-state index contributed by atoms with van der Waals surface area (Å²) in [5.41, 5.74) is 0. The number of aliphatic hydroxyl groups is 1. The van der Waals surface area contributed by atoms with E-state index in [0.29, 0.717) is 23.9 Å². The zero-order valence-corrected chi connectivity index (χ0v) is 50.4. The Labute approximate surface area is 460 Å². The van der Waals surface area contributed by atoms with E-state index in [9.17, 15) is 19.4 Å². The van der Waals surface area contributed by atoms with E-state index in [1.807, 2.05) is 21.1 Å². The third kappa shape index (κ3) is 57.9. The molecule has 3 atom stereocenters. The number of hydrogen-bond acceptors (Lipinski definition) is 6. The molecule has 9 heteroatoms. The molecule has 74 heavy (non-hydrogen) atoms. The van der Waals surface area contributed by atoms with Crippen molar-refractivity contribution >= 4 is 13.7 Å². The molecule has 0 aromatic rings. The minimum Gasteiger partial charge on any atom is -0.756 e. The van der Waals surface area contributed by atoms with Crippen LogP contribution < -0.4 is 10.2 Å². The Bertz CT molecular complexity index is 1390. The molecule has 0 fully saturated rings. The molecule has 434 valence electrons. The van der Waals surface area contributed by atoms with Crippen LogP contribution in [0, 0.1) is 0 Å². The van der Waals surface area contributed by atoms with Crippen LogP contribution >= 0.6 is 7.82 Å². The number of aliphatic hydroxyl groups excluding tert-OH is 1. The van der Waals surface area contributed by atoms with Crippen LogP contribution in [0.2, 0.25) is 0 Å². The third-order valence-electron chi connectivity index (χ3n) is 14.3. The van der Waals surface area contributed by atoms with E-state index in [-0.39, 0.29) is 19.1 Å². The Morgan fingerprint density at radius 3 is 1.20 bits per heavy atom. The summed E-state index contributed by atoms with van der Waals surface area (Å²) in [5.74, 6) is -0.174. The molecule has 0 aromatic heterocycles. The maximum Gasteiger partial charge on any atom is 0.268 e. The number of nitrogens with one attached hydrogen (secondary N) is 1. The molecule has 0 aromatic carbocycles. The number of carbonyl (C=O) groups excluding carboxylic acids is 1. The van der Waals surface area contributed by atoms with Crippen molar-refractivity contribution in [2.75, 3.05) is 40.9 Å². The SMILES string of the molecule is CC/C=C\C/C=C\C/C=C\C/C=C\C/C=C\CCCCCCCCCC(=O)NC(COP(=O)([O-])OCC[N+](C)(C)C)C(O)CCCCCCCCCCCCCCCCCCCCCCCCCCCCCCC. The van der Waals surface area contributed by atoms with Crippen LogP contribution in [0.3, 0.4) is 0 Å². The molecule has 0 heterocycles. The van der Waals surface area contributed by atoms with Crippen LogP contribution in [0.4, 0.5) is 0 Å². The second-order valence-electron chi connectivity index (χ2n) is 22.7. The molecule has 0 aliphatic rings. The van der Waals surface area contributed by atoms with Gasteiger partial charge in [0, 0.05) is 6.42 Å². The molecule has 0 aliphatic carbocycles. The van der Waals surface area contributed by atoms with E-state index in [0.717, 1.165) is 83.5 Å². The molecular weight excluding hydrogens is 936 g/mol. The van der Waals surface area contributed by atoms with Gasteiger partial charge in [-0.3, -0.25) is 9.36 Å². The lowest BCUT2D eigenvalue weighted by atomic mass is 10.0. The Morgan fingerprint density at radius 1 is 0.486 bits per heavy atom. The fourth-order valence-electron chi connectivity index (χ4n) is 9.36. The molecule has 0 aliphatic heterocycles. The van der Waals surface area contributed by atoms with Gasteiger partial charge in [-0.1, -0.05) is 293 Å². The highest BCUT2D eigenvalue weighted by Gasteiger charge is 2.24. The van der Waals surface area contributed by atoms with Gasteiger partial charge in [0.05, 0.1) is 39.9 Å². The average molecular weight is 1060 g/mol. The summed E-state index contributed by atoms with van der Waals surface area (Å²) >= 11 is 0. The monoisotopic (exact) mass is 1060 g/mol. The molecule has 0 bridgehead atoms. The minimum atomic E-state index is -4.58. The van der Waals surface area contributed by atoms with Crippen LogP contribution in [0.15, 0.2) is 60.8 Å².